The summed E-state index contributed by atoms with van der Waals surface area (Å²) < 4.78 is 6.69. The molecule has 2 N–H and O–H groups in total. The predicted molar refractivity (Wildman–Crippen MR) is 170 cm³/mol. The summed E-state index contributed by atoms with van der Waals surface area (Å²) in [5.74, 6) is 1.06. The number of piperidine rings is 1. The molecule has 0 unspecified atom stereocenters. The van der Waals surface area contributed by atoms with Crippen LogP contribution in [0.2, 0.25) is 0 Å². The van der Waals surface area contributed by atoms with E-state index in [0.29, 0.717) is 25.0 Å². The molecule has 1 saturated heterocycles. The molecule has 0 radical (unpaired) electrons. The summed E-state index contributed by atoms with van der Waals surface area (Å²) in [7, 11) is 2.12. The van der Waals surface area contributed by atoms with Crippen molar-refractivity contribution in [2.45, 2.75) is 165 Å². The molecule has 2 aliphatic carbocycles. The fraction of sp³-hybridized carbons (Fsp3) is 0.757. The Morgan fingerprint density at radius 3 is 2.19 bits per heavy atom. The highest BCUT2D eigenvalue weighted by atomic mass is 16.5. The molecule has 2 aliphatic heterocycles. The number of ether oxygens (including phenoxy) is 1. The Morgan fingerprint density at radius 2 is 1.57 bits per heavy atom. The number of carbonyl (C=O) groups is 1. The third-order valence-electron chi connectivity index (χ3n) is 11.2. The van der Waals surface area contributed by atoms with Gasteiger partial charge in [-0.25, -0.2) is 0 Å². The molecule has 2 heterocycles. The molecular weight excluding hydrogens is 522 g/mol. The highest BCUT2D eigenvalue weighted by Gasteiger charge is 2.71. The zero-order valence-electron chi connectivity index (χ0n) is 26.6. The van der Waals surface area contributed by atoms with Crippen LogP contribution >= 0.6 is 0 Å². The van der Waals surface area contributed by atoms with Gasteiger partial charge in [-0.05, 0) is 50.4 Å². The van der Waals surface area contributed by atoms with Gasteiger partial charge in [0.05, 0.1) is 17.6 Å². The van der Waals surface area contributed by atoms with Crippen LogP contribution in [0, 0.1) is 0 Å². The molecule has 2 bridgehead atoms. The topological polar surface area (TPSA) is 70.0 Å². The molecule has 0 saturated carbocycles. The van der Waals surface area contributed by atoms with Gasteiger partial charge in [0.1, 0.15) is 17.6 Å². The Balaban J connectivity index is 1.06. The van der Waals surface area contributed by atoms with Gasteiger partial charge < -0.3 is 19.8 Å². The number of unbranched alkanes of at least 4 members (excludes halogenated alkanes) is 14. The summed E-state index contributed by atoms with van der Waals surface area (Å²) in [6.07, 6.45) is 24.9. The summed E-state index contributed by atoms with van der Waals surface area (Å²) in [6.45, 7) is 3.10. The number of rotatable bonds is 19. The van der Waals surface area contributed by atoms with Crippen molar-refractivity contribution in [3.63, 3.8) is 0 Å². The lowest BCUT2D eigenvalue weighted by Gasteiger charge is -2.62. The first kappa shape index (κ1) is 31.7. The van der Waals surface area contributed by atoms with E-state index in [1.807, 2.05) is 6.07 Å². The van der Waals surface area contributed by atoms with Gasteiger partial charge in [-0.3, -0.25) is 4.79 Å². The van der Waals surface area contributed by atoms with Crippen LogP contribution in [-0.2, 0) is 23.2 Å². The van der Waals surface area contributed by atoms with Crippen molar-refractivity contribution in [3.8, 4) is 5.75 Å². The first-order valence-electron chi connectivity index (χ1n) is 17.5. The maximum atomic E-state index is 13.2. The molecule has 0 amide bonds. The van der Waals surface area contributed by atoms with E-state index in [9.17, 15) is 15.0 Å². The molecule has 4 atom stereocenters. The van der Waals surface area contributed by atoms with Crippen LogP contribution in [0.4, 0.5) is 0 Å². The molecule has 0 aromatic heterocycles. The zero-order valence-corrected chi connectivity index (χ0v) is 26.6. The van der Waals surface area contributed by atoms with E-state index in [4.69, 9.17) is 4.74 Å². The van der Waals surface area contributed by atoms with Gasteiger partial charge in [0, 0.05) is 30.0 Å². The summed E-state index contributed by atoms with van der Waals surface area (Å²) in [6, 6.07) is 4.14. The molecule has 1 aromatic carbocycles. The summed E-state index contributed by atoms with van der Waals surface area (Å²) >= 11 is 0. The molecule has 5 heteroatoms. The predicted octanol–water partition coefficient (Wildman–Crippen LogP) is 7.72. The van der Waals surface area contributed by atoms with Crippen LogP contribution in [0.5, 0.6) is 5.75 Å². The zero-order chi connectivity index (χ0) is 29.6. The Kier molecular flexibility index (Phi) is 10.9. The number of benzene rings is 1. The number of nitrogens with zero attached hydrogens (tertiary/aromatic N) is 1. The number of hydrogen-bond donors (Lipinski definition) is 2. The monoisotopic (exact) mass is 579 g/mol. The van der Waals surface area contributed by atoms with E-state index < -0.39 is 11.0 Å². The molecule has 1 aromatic rings. The van der Waals surface area contributed by atoms with Crippen LogP contribution in [0.3, 0.4) is 0 Å². The maximum absolute atomic E-state index is 13.2. The van der Waals surface area contributed by atoms with Crippen molar-refractivity contribution in [2.75, 3.05) is 13.6 Å². The molecule has 234 valence electrons. The standard InChI is InChI=1S/C37H57NO4/c1-3-4-5-6-7-8-9-10-11-12-13-14-15-16-17-18-31(40)25-29-21-22-37(41)32-26-28-19-20-30(27-39)34-33(28)36(37,35(29)42-34)23-24-38(32)2/h19-21,32,35,39,41H,3-18,22-27H2,1-2H3/t32-,35+,36+,37-/m1/s1. The molecule has 5 nitrogen and oxygen atoms in total. The van der Waals surface area contributed by atoms with Crippen LogP contribution in [-0.4, -0.2) is 52.2 Å². The van der Waals surface area contributed by atoms with Gasteiger partial charge in [-0.1, -0.05) is 115 Å². The van der Waals surface area contributed by atoms with Gasteiger partial charge in [0.2, 0.25) is 0 Å². The Labute approximate surface area is 255 Å². The molecule has 1 spiro atoms. The first-order chi connectivity index (χ1) is 20.5. The van der Waals surface area contributed by atoms with Gasteiger partial charge in [-0.2, -0.15) is 0 Å². The summed E-state index contributed by atoms with van der Waals surface area (Å²) in [5.41, 5.74) is 2.74. The van der Waals surface area contributed by atoms with Gasteiger partial charge >= 0.3 is 0 Å². The number of likely N-dealkylation sites (N-methyl/N-ethyl adjacent to an activating group) is 1. The number of hydrogen-bond acceptors (Lipinski definition) is 5. The van der Waals surface area contributed by atoms with Crippen LogP contribution in [0.1, 0.15) is 146 Å². The lowest BCUT2D eigenvalue weighted by Crippen LogP contribution is -2.74. The highest BCUT2D eigenvalue weighted by Crippen LogP contribution is 2.64. The van der Waals surface area contributed by atoms with Crippen LogP contribution in [0.25, 0.3) is 0 Å². The largest absolute Gasteiger partial charge is 0.484 e. The average Bonchev–Trinajstić information content (AvgIpc) is 3.34. The Hall–Kier alpha value is -1.69. The van der Waals surface area contributed by atoms with Crippen LogP contribution < -0.4 is 4.74 Å². The molecule has 42 heavy (non-hydrogen) atoms. The second-order valence-corrected chi connectivity index (χ2v) is 14.0. The van der Waals surface area contributed by atoms with E-state index in [2.05, 4.69) is 31.0 Å². The SMILES string of the molecule is CCCCCCCCCCCCCCCCCC(=O)CC1=CC[C@@]2(O)[C@H]3Cc4ccc(CO)c5c4[C@@]2(CCN3C)[C@H]1O5. The lowest BCUT2D eigenvalue weighted by molar-refractivity contribution is -0.158. The van der Waals surface area contributed by atoms with Crippen LogP contribution in [0.15, 0.2) is 23.8 Å². The molecular formula is C37H57NO4. The number of aliphatic hydroxyl groups is 2. The highest BCUT2D eigenvalue weighted by molar-refractivity contribution is 5.81. The molecule has 1 fully saturated rings. The van der Waals surface area contributed by atoms with E-state index in [0.717, 1.165) is 54.7 Å². The second kappa shape index (κ2) is 14.4. The fourth-order valence-corrected chi connectivity index (χ4v) is 8.83. The minimum atomic E-state index is -0.919. The Bertz CT molecular complexity index is 1100. The third-order valence-corrected chi connectivity index (χ3v) is 11.2. The van der Waals surface area contributed by atoms with Gasteiger partial charge in [0.15, 0.2) is 0 Å². The van der Waals surface area contributed by atoms with Gasteiger partial charge in [-0.15, -0.1) is 0 Å². The molecule has 5 rings (SSSR count). The normalized spacial score (nSPS) is 27.5. The number of aliphatic hydroxyl groups excluding tert-OH is 1. The van der Waals surface area contributed by atoms with Crippen molar-refractivity contribution >= 4 is 5.78 Å². The van der Waals surface area contributed by atoms with Crippen molar-refractivity contribution in [3.05, 3.63) is 40.5 Å². The smallest absolute Gasteiger partial charge is 0.137 e. The number of carbonyl (C=O) groups excluding carboxylic acids is 1. The first-order valence-corrected chi connectivity index (χ1v) is 17.5. The lowest BCUT2D eigenvalue weighted by atomic mass is 9.49. The van der Waals surface area contributed by atoms with E-state index >= 15 is 0 Å². The quantitative estimate of drug-likeness (QED) is 0.130. The second-order valence-electron chi connectivity index (χ2n) is 14.0. The van der Waals surface area contributed by atoms with Crippen molar-refractivity contribution < 1.29 is 19.7 Å². The van der Waals surface area contributed by atoms with Gasteiger partial charge in [0.25, 0.3) is 0 Å². The van der Waals surface area contributed by atoms with E-state index in [1.54, 1.807) is 0 Å². The fourth-order valence-electron chi connectivity index (χ4n) is 8.83. The van der Waals surface area contributed by atoms with E-state index in [-0.39, 0.29) is 18.8 Å². The number of Topliss-reactive ketones (excluding diaryl/α,β-unsaturated/α-hetero) is 1. The molecule has 4 aliphatic rings. The average molecular weight is 580 g/mol. The minimum absolute atomic E-state index is 0.0320. The maximum Gasteiger partial charge on any atom is 0.137 e. The number of ketones is 1. The van der Waals surface area contributed by atoms with Crippen molar-refractivity contribution in [1.29, 1.82) is 0 Å². The number of likely N-dealkylation sites (tertiary alicyclic amines) is 1. The van der Waals surface area contributed by atoms with E-state index in [1.165, 1.54) is 89.0 Å². The Morgan fingerprint density at radius 1 is 0.952 bits per heavy atom. The van der Waals surface area contributed by atoms with Crippen molar-refractivity contribution in [1.82, 2.24) is 4.90 Å². The third kappa shape index (κ3) is 6.13. The summed E-state index contributed by atoms with van der Waals surface area (Å²) in [5, 5.41) is 22.4. The van der Waals surface area contributed by atoms with Crippen molar-refractivity contribution in [2.24, 2.45) is 0 Å². The minimum Gasteiger partial charge on any atom is -0.484 e. The summed E-state index contributed by atoms with van der Waals surface area (Å²) in [4.78, 5) is 15.5.